The summed E-state index contributed by atoms with van der Waals surface area (Å²) >= 11 is 5.60. The molecule has 0 fully saturated rings. The highest BCUT2D eigenvalue weighted by Gasteiger charge is 2.28. The van der Waals surface area contributed by atoms with Crippen molar-refractivity contribution >= 4 is 23.2 Å². The molecule has 0 aromatic heterocycles. The fourth-order valence-corrected chi connectivity index (χ4v) is 1.43. The molecule has 1 aliphatic carbocycles. The molecule has 3 heteroatoms. The standard InChI is InChI=1S/C9H11ClO2/c1-6(10)9(12)7-4-2-3-5-8(7)11/h3,5-7H,2,4H2,1H3. The zero-order valence-electron chi connectivity index (χ0n) is 6.92. The molecule has 0 heterocycles. The van der Waals surface area contributed by atoms with Gasteiger partial charge < -0.3 is 0 Å². The van der Waals surface area contributed by atoms with Crippen LogP contribution in [0.15, 0.2) is 12.2 Å². The summed E-state index contributed by atoms with van der Waals surface area (Å²) in [6.07, 6.45) is 4.69. The van der Waals surface area contributed by atoms with Gasteiger partial charge >= 0.3 is 0 Å². The number of hydrogen-bond donors (Lipinski definition) is 0. The highest BCUT2D eigenvalue weighted by molar-refractivity contribution is 6.33. The summed E-state index contributed by atoms with van der Waals surface area (Å²) in [7, 11) is 0. The van der Waals surface area contributed by atoms with Crippen molar-refractivity contribution in [2.45, 2.75) is 25.1 Å². The molecule has 0 saturated carbocycles. The smallest absolute Gasteiger partial charge is 0.165 e. The Morgan fingerprint density at radius 1 is 1.75 bits per heavy atom. The first kappa shape index (κ1) is 9.46. The number of rotatable bonds is 2. The second kappa shape index (κ2) is 3.85. The average Bonchev–Trinajstić information content (AvgIpc) is 2.04. The second-order valence-corrected chi connectivity index (χ2v) is 3.61. The van der Waals surface area contributed by atoms with Gasteiger partial charge in [-0.15, -0.1) is 11.6 Å². The van der Waals surface area contributed by atoms with Gasteiger partial charge in [0, 0.05) is 0 Å². The first-order valence-electron chi connectivity index (χ1n) is 4.01. The molecule has 1 aliphatic rings. The number of halogens is 1. The third-order valence-electron chi connectivity index (χ3n) is 1.98. The summed E-state index contributed by atoms with van der Waals surface area (Å²) < 4.78 is 0. The summed E-state index contributed by atoms with van der Waals surface area (Å²) in [6, 6.07) is 0. The molecule has 0 N–H and O–H groups in total. The third-order valence-corrected chi connectivity index (χ3v) is 2.20. The van der Waals surface area contributed by atoms with E-state index in [-0.39, 0.29) is 11.6 Å². The highest BCUT2D eigenvalue weighted by Crippen LogP contribution is 2.19. The molecule has 0 aromatic carbocycles. The lowest BCUT2D eigenvalue weighted by Gasteiger charge is -2.15. The van der Waals surface area contributed by atoms with Gasteiger partial charge in [0.15, 0.2) is 11.6 Å². The Morgan fingerprint density at radius 3 is 2.92 bits per heavy atom. The van der Waals surface area contributed by atoms with Gasteiger partial charge in [0.25, 0.3) is 0 Å². The van der Waals surface area contributed by atoms with E-state index >= 15 is 0 Å². The fourth-order valence-electron chi connectivity index (χ4n) is 1.28. The van der Waals surface area contributed by atoms with Crippen LogP contribution in [0.3, 0.4) is 0 Å². The van der Waals surface area contributed by atoms with Gasteiger partial charge in [-0.1, -0.05) is 6.08 Å². The van der Waals surface area contributed by atoms with Gasteiger partial charge in [0.1, 0.15) is 0 Å². The first-order chi connectivity index (χ1) is 5.63. The van der Waals surface area contributed by atoms with Crippen LogP contribution in [0.5, 0.6) is 0 Å². The van der Waals surface area contributed by atoms with Crippen molar-refractivity contribution < 1.29 is 9.59 Å². The summed E-state index contributed by atoms with van der Waals surface area (Å²) in [5.41, 5.74) is 0. The summed E-state index contributed by atoms with van der Waals surface area (Å²) in [5.74, 6) is -0.729. The van der Waals surface area contributed by atoms with Gasteiger partial charge in [-0.05, 0) is 25.8 Å². The first-order valence-corrected chi connectivity index (χ1v) is 4.44. The number of ketones is 2. The predicted octanol–water partition coefficient (Wildman–Crippen LogP) is 1.72. The number of alkyl halides is 1. The van der Waals surface area contributed by atoms with Crippen LogP contribution in [0.4, 0.5) is 0 Å². The molecule has 0 amide bonds. The molecular weight excluding hydrogens is 176 g/mol. The van der Waals surface area contributed by atoms with Crippen molar-refractivity contribution in [3.05, 3.63) is 12.2 Å². The molecule has 12 heavy (non-hydrogen) atoms. The van der Waals surface area contributed by atoms with E-state index in [1.165, 1.54) is 6.08 Å². The monoisotopic (exact) mass is 186 g/mol. The van der Waals surface area contributed by atoms with E-state index in [0.717, 1.165) is 6.42 Å². The molecule has 0 radical (unpaired) electrons. The molecule has 2 atom stereocenters. The van der Waals surface area contributed by atoms with Gasteiger partial charge in [-0.2, -0.15) is 0 Å². The summed E-state index contributed by atoms with van der Waals surface area (Å²) in [6.45, 7) is 1.61. The predicted molar refractivity (Wildman–Crippen MR) is 47.2 cm³/mol. The number of hydrogen-bond acceptors (Lipinski definition) is 2. The molecule has 0 bridgehead atoms. The number of Topliss-reactive ketones (excluding diaryl/α,β-unsaturated/α-hetero) is 1. The van der Waals surface area contributed by atoms with Gasteiger partial charge in [-0.3, -0.25) is 9.59 Å². The topological polar surface area (TPSA) is 34.1 Å². The zero-order valence-corrected chi connectivity index (χ0v) is 7.67. The lowest BCUT2D eigenvalue weighted by molar-refractivity contribution is -0.130. The fraction of sp³-hybridized carbons (Fsp3) is 0.556. The van der Waals surface area contributed by atoms with E-state index in [2.05, 4.69) is 0 Å². The minimum absolute atomic E-state index is 0.0984. The number of carbonyl (C=O) groups is 2. The van der Waals surface area contributed by atoms with Crippen LogP contribution >= 0.6 is 11.6 Å². The maximum Gasteiger partial charge on any atom is 0.165 e. The Balaban J connectivity index is 2.69. The zero-order chi connectivity index (χ0) is 9.14. The van der Waals surface area contributed by atoms with Crippen molar-refractivity contribution in [1.82, 2.24) is 0 Å². The molecule has 66 valence electrons. The quantitative estimate of drug-likeness (QED) is 0.486. The molecule has 0 spiro atoms. The molecular formula is C9H11ClO2. The Bertz CT molecular complexity index is 231. The van der Waals surface area contributed by atoms with E-state index < -0.39 is 11.3 Å². The minimum Gasteiger partial charge on any atom is -0.297 e. The Labute approximate surface area is 76.6 Å². The van der Waals surface area contributed by atoms with E-state index in [0.29, 0.717) is 6.42 Å². The number of carbonyl (C=O) groups excluding carboxylic acids is 2. The van der Waals surface area contributed by atoms with Gasteiger partial charge in [0.05, 0.1) is 11.3 Å². The molecule has 0 aromatic rings. The maximum absolute atomic E-state index is 11.3. The van der Waals surface area contributed by atoms with Gasteiger partial charge in [-0.25, -0.2) is 0 Å². The van der Waals surface area contributed by atoms with E-state index in [4.69, 9.17) is 11.6 Å². The summed E-state index contributed by atoms with van der Waals surface area (Å²) in [5, 5.41) is -0.551. The molecule has 0 aliphatic heterocycles. The largest absolute Gasteiger partial charge is 0.297 e. The maximum atomic E-state index is 11.3. The molecule has 2 nitrogen and oxygen atoms in total. The SMILES string of the molecule is CC(Cl)C(=O)C1CCC=CC1=O. The molecule has 2 unspecified atom stereocenters. The van der Waals surface area contributed by atoms with Crippen molar-refractivity contribution in [1.29, 1.82) is 0 Å². The molecule has 1 rings (SSSR count). The van der Waals surface area contributed by atoms with Crippen LogP contribution in [-0.2, 0) is 9.59 Å². The van der Waals surface area contributed by atoms with Crippen molar-refractivity contribution in [3.8, 4) is 0 Å². The third kappa shape index (κ3) is 1.95. The summed E-state index contributed by atoms with van der Waals surface area (Å²) in [4.78, 5) is 22.5. The Hall–Kier alpha value is -0.630. The van der Waals surface area contributed by atoms with E-state index in [1.54, 1.807) is 13.0 Å². The molecule has 0 saturated heterocycles. The Morgan fingerprint density at radius 2 is 2.42 bits per heavy atom. The van der Waals surface area contributed by atoms with Crippen LogP contribution in [-0.4, -0.2) is 16.9 Å². The van der Waals surface area contributed by atoms with Crippen LogP contribution in [0.25, 0.3) is 0 Å². The normalized spacial score (nSPS) is 25.5. The minimum atomic E-state index is -0.551. The van der Waals surface area contributed by atoms with Crippen LogP contribution < -0.4 is 0 Å². The van der Waals surface area contributed by atoms with E-state index in [1.807, 2.05) is 0 Å². The van der Waals surface area contributed by atoms with Gasteiger partial charge in [0.2, 0.25) is 0 Å². The van der Waals surface area contributed by atoms with Crippen molar-refractivity contribution in [2.24, 2.45) is 5.92 Å². The highest BCUT2D eigenvalue weighted by atomic mass is 35.5. The van der Waals surface area contributed by atoms with Crippen molar-refractivity contribution in [3.63, 3.8) is 0 Å². The van der Waals surface area contributed by atoms with Crippen LogP contribution in [0, 0.1) is 5.92 Å². The average molecular weight is 187 g/mol. The van der Waals surface area contributed by atoms with E-state index in [9.17, 15) is 9.59 Å². The number of allylic oxidation sites excluding steroid dienone is 2. The lowest BCUT2D eigenvalue weighted by atomic mass is 9.88. The lowest BCUT2D eigenvalue weighted by Crippen LogP contribution is -2.29. The van der Waals surface area contributed by atoms with Crippen LogP contribution in [0.2, 0.25) is 0 Å². The van der Waals surface area contributed by atoms with Crippen LogP contribution in [0.1, 0.15) is 19.8 Å². The van der Waals surface area contributed by atoms with Crippen molar-refractivity contribution in [2.75, 3.05) is 0 Å². The Kier molecular flexibility index (Phi) is 3.04. The second-order valence-electron chi connectivity index (χ2n) is 2.95.